The third-order valence-corrected chi connectivity index (χ3v) is 3.05. The molecule has 68 valence electrons. The molecular formula is C9H16N2S. The van der Waals surface area contributed by atoms with Gasteiger partial charge in [-0.3, -0.25) is 0 Å². The summed E-state index contributed by atoms with van der Waals surface area (Å²) in [5.41, 5.74) is 0. The molecule has 0 aromatic carbocycles. The highest BCUT2D eigenvalue weighted by Gasteiger charge is 2.07. The maximum atomic E-state index is 4.12. The molecule has 0 amide bonds. The molecule has 0 fully saturated rings. The van der Waals surface area contributed by atoms with Crippen molar-refractivity contribution in [2.75, 3.05) is 0 Å². The van der Waals surface area contributed by atoms with E-state index in [4.69, 9.17) is 0 Å². The van der Waals surface area contributed by atoms with E-state index in [1.165, 1.54) is 17.8 Å². The van der Waals surface area contributed by atoms with Crippen molar-refractivity contribution in [3.05, 3.63) is 10.0 Å². The second kappa shape index (κ2) is 4.55. The second-order valence-electron chi connectivity index (χ2n) is 3.10. The summed E-state index contributed by atoms with van der Waals surface area (Å²) in [6.07, 6.45) is 3.60. The highest BCUT2D eigenvalue weighted by Crippen LogP contribution is 2.17. The van der Waals surface area contributed by atoms with E-state index in [1.54, 1.807) is 11.3 Å². The van der Waals surface area contributed by atoms with Crippen LogP contribution in [0.5, 0.6) is 0 Å². The maximum absolute atomic E-state index is 4.12. The van der Waals surface area contributed by atoms with Crippen molar-refractivity contribution in [2.45, 2.75) is 40.0 Å². The minimum absolute atomic E-state index is 0.789. The van der Waals surface area contributed by atoms with Crippen molar-refractivity contribution < 1.29 is 0 Å². The molecule has 1 heterocycles. The minimum atomic E-state index is 0.789. The van der Waals surface area contributed by atoms with Crippen LogP contribution in [0.4, 0.5) is 0 Å². The molecule has 0 N–H and O–H groups in total. The number of aromatic nitrogens is 2. The van der Waals surface area contributed by atoms with Gasteiger partial charge >= 0.3 is 0 Å². The lowest BCUT2D eigenvalue weighted by atomic mass is 10.0. The average molecular weight is 184 g/mol. The Kier molecular flexibility index (Phi) is 3.66. The summed E-state index contributed by atoms with van der Waals surface area (Å²) in [7, 11) is 0. The van der Waals surface area contributed by atoms with E-state index < -0.39 is 0 Å². The van der Waals surface area contributed by atoms with Gasteiger partial charge in [0, 0.05) is 6.42 Å². The van der Waals surface area contributed by atoms with Gasteiger partial charge in [0.2, 0.25) is 0 Å². The van der Waals surface area contributed by atoms with Crippen LogP contribution in [0.25, 0.3) is 0 Å². The van der Waals surface area contributed by atoms with Gasteiger partial charge in [0.05, 0.1) is 0 Å². The van der Waals surface area contributed by atoms with E-state index in [9.17, 15) is 0 Å². The van der Waals surface area contributed by atoms with Crippen molar-refractivity contribution >= 4 is 11.3 Å². The molecule has 0 bridgehead atoms. The molecule has 0 aliphatic heterocycles. The van der Waals surface area contributed by atoms with Crippen LogP contribution in [0.2, 0.25) is 0 Å². The fraction of sp³-hybridized carbons (Fsp3) is 0.778. The first kappa shape index (κ1) is 9.65. The number of nitrogens with zero attached hydrogens (tertiary/aromatic N) is 2. The van der Waals surface area contributed by atoms with Gasteiger partial charge in [0.1, 0.15) is 10.0 Å². The molecule has 1 aromatic rings. The third-order valence-electron chi connectivity index (χ3n) is 2.19. The Labute approximate surface area is 78.0 Å². The number of rotatable bonds is 4. The van der Waals surface area contributed by atoms with Crippen molar-refractivity contribution in [3.8, 4) is 0 Å². The normalized spacial score (nSPS) is 11.0. The zero-order valence-corrected chi connectivity index (χ0v) is 8.82. The van der Waals surface area contributed by atoms with Gasteiger partial charge in [-0.05, 0) is 12.8 Å². The first-order chi connectivity index (χ1) is 5.76. The SMILES string of the molecule is CCC(CC)Cc1nnc(C)s1. The number of aryl methyl sites for hydroxylation is 1. The Morgan fingerprint density at radius 3 is 2.33 bits per heavy atom. The van der Waals surface area contributed by atoms with Gasteiger partial charge in [-0.25, -0.2) is 0 Å². The molecule has 0 aliphatic rings. The van der Waals surface area contributed by atoms with Crippen LogP contribution >= 0.6 is 11.3 Å². The first-order valence-corrected chi connectivity index (χ1v) is 5.36. The van der Waals surface area contributed by atoms with E-state index in [-0.39, 0.29) is 0 Å². The summed E-state index contributed by atoms with van der Waals surface area (Å²) in [4.78, 5) is 0. The molecule has 1 aromatic heterocycles. The fourth-order valence-electron chi connectivity index (χ4n) is 1.24. The van der Waals surface area contributed by atoms with Crippen LogP contribution in [0.15, 0.2) is 0 Å². The van der Waals surface area contributed by atoms with E-state index >= 15 is 0 Å². The Bertz CT molecular complexity index is 228. The summed E-state index contributed by atoms with van der Waals surface area (Å²) in [6.45, 7) is 6.48. The monoisotopic (exact) mass is 184 g/mol. The van der Waals surface area contributed by atoms with Crippen molar-refractivity contribution in [1.29, 1.82) is 0 Å². The predicted molar refractivity (Wildman–Crippen MR) is 52.4 cm³/mol. The number of hydrogen-bond acceptors (Lipinski definition) is 3. The van der Waals surface area contributed by atoms with Crippen molar-refractivity contribution in [3.63, 3.8) is 0 Å². The molecule has 0 saturated heterocycles. The van der Waals surface area contributed by atoms with Crippen LogP contribution < -0.4 is 0 Å². The molecule has 1 rings (SSSR count). The lowest BCUT2D eigenvalue weighted by Crippen LogP contribution is -2.00. The molecule has 0 unspecified atom stereocenters. The van der Waals surface area contributed by atoms with Gasteiger partial charge in [-0.15, -0.1) is 21.5 Å². The van der Waals surface area contributed by atoms with Gasteiger partial charge < -0.3 is 0 Å². The summed E-state index contributed by atoms with van der Waals surface area (Å²) in [5, 5.41) is 10.4. The van der Waals surface area contributed by atoms with Gasteiger partial charge in [0.15, 0.2) is 0 Å². The molecule has 0 aliphatic carbocycles. The highest BCUT2D eigenvalue weighted by molar-refractivity contribution is 7.11. The first-order valence-electron chi connectivity index (χ1n) is 4.55. The van der Waals surface area contributed by atoms with E-state index in [0.29, 0.717) is 0 Å². The second-order valence-corrected chi connectivity index (χ2v) is 4.37. The third kappa shape index (κ3) is 2.55. The molecule has 3 heteroatoms. The predicted octanol–water partition coefficient (Wildman–Crippen LogP) is 2.83. The highest BCUT2D eigenvalue weighted by atomic mass is 32.1. The topological polar surface area (TPSA) is 25.8 Å². The van der Waals surface area contributed by atoms with Crippen LogP contribution in [-0.4, -0.2) is 10.2 Å². The zero-order chi connectivity index (χ0) is 8.97. The standard InChI is InChI=1S/C9H16N2S/c1-4-8(5-2)6-9-11-10-7(3)12-9/h8H,4-6H2,1-3H3. The molecule has 2 nitrogen and oxygen atoms in total. The minimum Gasteiger partial charge on any atom is -0.144 e. The Balaban J connectivity index is 2.50. The molecular weight excluding hydrogens is 168 g/mol. The molecule has 0 atom stereocenters. The Morgan fingerprint density at radius 2 is 1.92 bits per heavy atom. The van der Waals surface area contributed by atoms with Crippen LogP contribution in [0, 0.1) is 12.8 Å². The van der Waals surface area contributed by atoms with Crippen LogP contribution in [0.3, 0.4) is 0 Å². The van der Waals surface area contributed by atoms with Crippen LogP contribution in [-0.2, 0) is 6.42 Å². The smallest absolute Gasteiger partial charge is 0.117 e. The number of hydrogen-bond donors (Lipinski definition) is 0. The molecule has 0 spiro atoms. The van der Waals surface area contributed by atoms with Crippen molar-refractivity contribution in [1.82, 2.24) is 10.2 Å². The largest absolute Gasteiger partial charge is 0.144 e. The molecule has 12 heavy (non-hydrogen) atoms. The maximum Gasteiger partial charge on any atom is 0.117 e. The molecule has 0 radical (unpaired) electrons. The van der Waals surface area contributed by atoms with Crippen molar-refractivity contribution in [2.24, 2.45) is 5.92 Å². The van der Waals surface area contributed by atoms with Crippen LogP contribution in [0.1, 0.15) is 36.7 Å². The fourth-order valence-corrected chi connectivity index (χ4v) is 2.07. The quantitative estimate of drug-likeness (QED) is 0.719. The Morgan fingerprint density at radius 1 is 1.25 bits per heavy atom. The Hall–Kier alpha value is -0.440. The van der Waals surface area contributed by atoms with E-state index in [2.05, 4.69) is 24.0 Å². The summed E-state index contributed by atoms with van der Waals surface area (Å²) >= 11 is 1.72. The van der Waals surface area contributed by atoms with E-state index in [0.717, 1.165) is 17.3 Å². The van der Waals surface area contributed by atoms with Gasteiger partial charge in [-0.2, -0.15) is 0 Å². The van der Waals surface area contributed by atoms with Gasteiger partial charge in [-0.1, -0.05) is 26.7 Å². The van der Waals surface area contributed by atoms with E-state index in [1.807, 2.05) is 6.92 Å². The zero-order valence-electron chi connectivity index (χ0n) is 8.00. The summed E-state index contributed by atoms with van der Waals surface area (Å²) < 4.78 is 0. The average Bonchev–Trinajstić information content (AvgIpc) is 2.47. The van der Waals surface area contributed by atoms with Gasteiger partial charge in [0.25, 0.3) is 0 Å². The lowest BCUT2D eigenvalue weighted by Gasteiger charge is -2.07. The summed E-state index contributed by atoms with van der Waals surface area (Å²) in [5.74, 6) is 0.789. The molecule has 0 saturated carbocycles. The summed E-state index contributed by atoms with van der Waals surface area (Å²) in [6, 6.07) is 0. The lowest BCUT2D eigenvalue weighted by molar-refractivity contribution is 0.488.